The van der Waals surface area contributed by atoms with Gasteiger partial charge in [0.05, 0.1) is 19.3 Å². The predicted octanol–water partition coefficient (Wildman–Crippen LogP) is 1.20. The van der Waals surface area contributed by atoms with Crippen LogP contribution >= 0.6 is 0 Å². The largest absolute Gasteiger partial charge is 0.464 e. The van der Waals surface area contributed by atoms with Crippen molar-refractivity contribution in [3.63, 3.8) is 0 Å². The summed E-state index contributed by atoms with van der Waals surface area (Å²) in [6, 6.07) is 0. The fourth-order valence-corrected chi connectivity index (χ4v) is 7.42. The zero-order valence-corrected chi connectivity index (χ0v) is 15.1. The van der Waals surface area contributed by atoms with E-state index in [4.69, 9.17) is 9.47 Å². The maximum Gasteiger partial charge on any atom is 0.320 e. The molecule has 2 saturated heterocycles. The second-order valence-electron chi connectivity index (χ2n) is 9.50. The van der Waals surface area contributed by atoms with Gasteiger partial charge in [-0.15, -0.1) is 0 Å². The number of carbonyl (C=O) groups excluding carboxylic acids is 2. The van der Waals surface area contributed by atoms with Crippen LogP contribution in [-0.4, -0.2) is 47.6 Å². The first-order chi connectivity index (χ1) is 12.3. The Morgan fingerprint density at radius 2 is 1.92 bits per heavy atom. The van der Waals surface area contributed by atoms with Crippen LogP contribution in [0.3, 0.4) is 0 Å². The quantitative estimate of drug-likeness (QED) is 0.382. The molecule has 2 heterocycles. The van der Waals surface area contributed by atoms with E-state index in [0.717, 1.165) is 19.3 Å². The lowest BCUT2D eigenvalue weighted by Gasteiger charge is -2.61. The Balaban J connectivity index is 1.70. The standard InChI is InChI=1S/C20H26O6/c1-10-11-6-12(21)13-19(9-26-17(24)20(13,7-11)15(10)22)5-3-4-18(2)8-25-16(23)14(18)19/h11-14,16,21,23H,1,3-9H2,2H3/t11-,12-,13+,14-,16+,18+,19-,20+/m1/s1. The van der Waals surface area contributed by atoms with E-state index in [1.54, 1.807) is 0 Å². The van der Waals surface area contributed by atoms with Crippen molar-refractivity contribution < 1.29 is 29.3 Å². The maximum atomic E-state index is 13.2. The molecule has 0 aromatic carbocycles. The summed E-state index contributed by atoms with van der Waals surface area (Å²) in [4.78, 5) is 26.1. The van der Waals surface area contributed by atoms with Crippen molar-refractivity contribution >= 4 is 11.8 Å². The minimum atomic E-state index is -1.34. The van der Waals surface area contributed by atoms with Gasteiger partial charge in [0.15, 0.2) is 12.1 Å². The summed E-state index contributed by atoms with van der Waals surface area (Å²) in [7, 11) is 0. The normalized spacial score (nSPS) is 55.7. The fraction of sp³-hybridized carbons (Fsp3) is 0.800. The molecule has 3 saturated carbocycles. The van der Waals surface area contributed by atoms with E-state index in [1.165, 1.54) is 0 Å². The van der Waals surface area contributed by atoms with Gasteiger partial charge in [0.25, 0.3) is 0 Å². The highest BCUT2D eigenvalue weighted by Crippen LogP contribution is 2.69. The van der Waals surface area contributed by atoms with Crippen LogP contribution in [0.5, 0.6) is 0 Å². The molecule has 0 radical (unpaired) electrons. The van der Waals surface area contributed by atoms with Gasteiger partial charge in [-0.1, -0.05) is 19.9 Å². The molecule has 0 aromatic heterocycles. The molecule has 6 heteroatoms. The van der Waals surface area contributed by atoms with Crippen molar-refractivity contribution in [2.75, 3.05) is 13.2 Å². The van der Waals surface area contributed by atoms with Crippen molar-refractivity contribution in [1.82, 2.24) is 0 Å². The highest BCUT2D eigenvalue weighted by atomic mass is 16.6. The van der Waals surface area contributed by atoms with Gasteiger partial charge in [-0.25, -0.2) is 0 Å². The summed E-state index contributed by atoms with van der Waals surface area (Å²) >= 11 is 0. The molecule has 0 unspecified atom stereocenters. The molecule has 2 bridgehead atoms. The number of carbonyl (C=O) groups is 2. The van der Waals surface area contributed by atoms with E-state index < -0.39 is 35.1 Å². The van der Waals surface area contributed by atoms with Crippen LogP contribution < -0.4 is 0 Å². The van der Waals surface area contributed by atoms with Crippen molar-refractivity contribution in [3.8, 4) is 0 Å². The average molecular weight is 362 g/mol. The molecular weight excluding hydrogens is 336 g/mol. The van der Waals surface area contributed by atoms with Crippen molar-refractivity contribution in [3.05, 3.63) is 12.2 Å². The lowest BCUT2D eigenvalue weighted by atomic mass is 9.44. The lowest BCUT2D eigenvalue weighted by Crippen LogP contribution is -2.67. The van der Waals surface area contributed by atoms with E-state index in [-0.39, 0.29) is 29.6 Å². The Bertz CT molecular complexity index is 713. The molecule has 0 aromatic rings. The van der Waals surface area contributed by atoms with E-state index in [9.17, 15) is 19.8 Å². The minimum absolute atomic E-state index is 0.139. The van der Waals surface area contributed by atoms with Crippen LogP contribution in [0.25, 0.3) is 0 Å². The third kappa shape index (κ3) is 1.69. The average Bonchev–Trinajstić information content (AvgIpc) is 3.01. The number of rotatable bonds is 0. The SMILES string of the molecule is C=C1C(=O)[C@]23C[C@H]1C[C@@H](O)[C@H]2[C@@]1(CCC[C@@]2(C)CO[C@H](O)[C@H]21)COC3=O. The van der Waals surface area contributed by atoms with Crippen LogP contribution in [0.1, 0.15) is 39.0 Å². The van der Waals surface area contributed by atoms with Crippen LogP contribution in [0.4, 0.5) is 0 Å². The maximum absolute atomic E-state index is 13.2. The van der Waals surface area contributed by atoms with Gasteiger partial charge in [0.2, 0.25) is 0 Å². The number of ketones is 1. The number of aliphatic hydroxyl groups excluding tert-OH is 2. The molecule has 2 spiro atoms. The Labute approximate surface area is 152 Å². The first-order valence-corrected chi connectivity index (χ1v) is 9.65. The molecule has 5 aliphatic rings. The number of fused-ring (bicyclic) bond motifs is 4. The highest BCUT2D eigenvalue weighted by molar-refractivity contribution is 6.15. The molecule has 142 valence electrons. The zero-order chi connectivity index (χ0) is 18.5. The summed E-state index contributed by atoms with van der Waals surface area (Å²) < 4.78 is 11.3. The van der Waals surface area contributed by atoms with Gasteiger partial charge in [-0.2, -0.15) is 0 Å². The van der Waals surface area contributed by atoms with Gasteiger partial charge in [0.1, 0.15) is 5.41 Å². The summed E-state index contributed by atoms with van der Waals surface area (Å²) in [5, 5.41) is 21.8. The fourth-order valence-electron chi connectivity index (χ4n) is 7.42. The van der Waals surface area contributed by atoms with E-state index >= 15 is 0 Å². The minimum Gasteiger partial charge on any atom is -0.464 e. The molecule has 8 atom stereocenters. The molecule has 26 heavy (non-hydrogen) atoms. The first-order valence-electron chi connectivity index (χ1n) is 9.65. The third-order valence-corrected chi connectivity index (χ3v) is 8.28. The number of cyclic esters (lactones) is 1. The Kier molecular flexibility index (Phi) is 3.23. The predicted molar refractivity (Wildman–Crippen MR) is 89.6 cm³/mol. The lowest BCUT2D eigenvalue weighted by molar-refractivity contribution is -0.241. The van der Waals surface area contributed by atoms with E-state index in [1.807, 2.05) is 0 Å². The summed E-state index contributed by atoms with van der Waals surface area (Å²) in [6.07, 6.45) is 1.63. The number of esters is 1. The molecule has 5 rings (SSSR count). The van der Waals surface area contributed by atoms with E-state index in [0.29, 0.717) is 25.0 Å². The number of allylic oxidation sites excluding steroid dienone is 1. The summed E-state index contributed by atoms with van der Waals surface area (Å²) in [6.45, 7) is 6.61. The Morgan fingerprint density at radius 3 is 2.69 bits per heavy atom. The van der Waals surface area contributed by atoms with Crippen LogP contribution in [-0.2, 0) is 19.1 Å². The molecule has 3 aliphatic carbocycles. The van der Waals surface area contributed by atoms with Crippen LogP contribution in [0, 0.1) is 34.0 Å². The Morgan fingerprint density at radius 1 is 1.15 bits per heavy atom. The second-order valence-corrected chi connectivity index (χ2v) is 9.50. The number of aliphatic hydroxyl groups is 2. The van der Waals surface area contributed by atoms with Gasteiger partial charge in [0, 0.05) is 17.3 Å². The third-order valence-electron chi connectivity index (χ3n) is 8.28. The second kappa shape index (κ2) is 4.97. The van der Waals surface area contributed by atoms with Gasteiger partial charge in [-0.05, 0) is 42.6 Å². The van der Waals surface area contributed by atoms with Gasteiger partial charge in [-0.3, -0.25) is 9.59 Å². The smallest absolute Gasteiger partial charge is 0.320 e. The topological polar surface area (TPSA) is 93.1 Å². The summed E-state index contributed by atoms with van der Waals surface area (Å²) in [5.74, 6) is -1.72. The van der Waals surface area contributed by atoms with Gasteiger partial charge >= 0.3 is 5.97 Å². The monoisotopic (exact) mass is 362 g/mol. The molecule has 5 fully saturated rings. The van der Waals surface area contributed by atoms with Gasteiger partial charge < -0.3 is 19.7 Å². The first kappa shape index (κ1) is 16.9. The highest BCUT2D eigenvalue weighted by Gasteiger charge is 2.75. The number of hydrogen-bond acceptors (Lipinski definition) is 6. The molecule has 0 amide bonds. The van der Waals surface area contributed by atoms with Crippen LogP contribution in [0.2, 0.25) is 0 Å². The molecule has 6 nitrogen and oxygen atoms in total. The molecule has 2 aliphatic heterocycles. The Hall–Kier alpha value is -1.24. The van der Waals surface area contributed by atoms with Crippen LogP contribution in [0.15, 0.2) is 12.2 Å². The van der Waals surface area contributed by atoms with Crippen molar-refractivity contribution in [1.29, 1.82) is 0 Å². The van der Waals surface area contributed by atoms with Crippen molar-refractivity contribution in [2.24, 2.45) is 34.0 Å². The molecular formula is C20H26O6. The van der Waals surface area contributed by atoms with Crippen molar-refractivity contribution in [2.45, 2.75) is 51.4 Å². The summed E-state index contributed by atoms with van der Waals surface area (Å²) in [5.41, 5.74) is -1.76. The number of Topliss-reactive ketones (excluding diaryl/α,β-unsaturated/α-hetero) is 1. The zero-order valence-electron chi connectivity index (χ0n) is 15.1. The number of hydrogen-bond donors (Lipinski definition) is 2. The molecule has 2 N–H and O–H groups in total. The van der Waals surface area contributed by atoms with E-state index in [2.05, 4.69) is 13.5 Å². The number of ether oxygens (including phenoxy) is 2.